The summed E-state index contributed by atoms with van der Waals surface area (Å²) in [5.41, 5.74) is 1.90. The lowest BCUT2D eigenvalue weighted by molar-refractivity contribution is 0.150. The second-order valence-electron chi connectivity index (χ2n) is 9.44. The summed E-state index contributed by atoms with van der Waals surface area (Å²) >= 11 is 4.68. The average molecular weight is 535 g/mol. The molecular weight excluding hydrogens is 500 g/mol. The van der Waals surface area contributed by atoms with Crippen LogP contribution in [0.4, 0.5) is 0 Å². The lowest BCUT2D eigenvalue weighted by atomic mass is 10.1. The second-order valence-corrected chi connectivity index (χ2v) is 12.3. The molecule has 0 amide bonds. The molecule has 1 fully saturated rings. The van der Waals surface area contributed by atoms with Gasteiger partial charge in [0.25, 0.3) is 5.56 Å². The molecule has 0 spiro atoms. The number of aryl methyl sites for hydroxylation is 3. The van der Waals surface area contributed by atoms with Gasteiger partial charge in [0.15, 0.2) is 5.52 Å². The lowest BCUT2D eigenvalue weighted by Crippen LogP contribution is -2.58. The van der Waals surface area contributed by atoms with Crippen molar-refractivity contribution in [1.82, 2.24) is 28.5 Å². The number of likely N-dealkylation sites (N-methyl/N-ethyl adjacent to an activating group) is 1. The number of fused-ring (bicyclic) bond motifs is 1. The lowest BCUT2D eigenvalue weighted by Gasteiger charge is -2.44. The molecule has 12 heteroatoms. The maximum Gasteiger partial charge on any atom is 0.299 e. The molecule has 1 saturated heterocycles. The standard InChI is InChI=1S/C24H34N6O4S2/c1-7-9-18-20-21(29(6)26-18)23(31)25-22(28(20)5)17-14-16(10-11-19(17)34-8-2)36(32,33)30-13-12-27(4)15-24(30,3)35/h10-11,14,35H,7-9,12-13,15H2,1-6H3. The van der Waals surface area contributed by atoms with E-state index in [4.69, 9.17) is 4.74 Å². The molecule has 196 valence electrons. The number of piperazine rings is 1. The quantitative estimate of drug-likeness (QED) is 0.464. The number of aromatic nitrogens is 4. The summed E-state index contributed by atoms with van der Waals surface area (Å²) in [5.74, 6) is 0.775. The van der Waals surface area contributed by atoms with Crippen LogP contribution in [0.2, 0.25) is 0 Å². The molecule has 0 radical (unpaired) electrons. The Bertz CT molecular complexity index is 1460. The first-order chi connectivity index (χ1) is 16.9. The zero-order valence-electron chi connectivity index (χ0n) is 21.6. The molecule has 0 N–H and O–H groups in total. The van der Waals surface area contributed by atoms with Crippen molar-refractivity contribution >= 4 is 33.7 Å². The highest BCUT2D eigenvalue weighted by atomic mass is 32.2. The van der Waals surface area contributed by atoms with Crippen LogP contribution in [-0.2, 0) is 30.5 Å². The summed E-state index contributed by atoms with van der Waals surface area (Å²) < 4.78 is 38.2. The van der Waals surface area contributed by atoms with E-state index in [1.54, 1.807) is 30.8 Å². The van der Waals surface area contributed by atoms with E-state index >= 15 is 0 Å². The minimum Gasteiger partial charge on any atom is -0.493 e. The van der Waals surface area contributed by atoms with Crippen molar-refractivity contribution in [1.29, 1.82) is 0 Å². The fraction of sp³-hybridized carbons (Fsp3) is 0.542. The molecule has 0 saturated carbocycles. The molecule has 2 aromatic heterocycles. The van der Waals surface area contributed by atoms with Crippen molar-refractivity contribution in [2.24, 2.45) is 14.1 Å². The van der Waals surface area contributed by atoms with Gasteiger partial charge < -0.3 is 14.2 Å². The van der Waals surface area contributed by atoms with Gasteiger partial charge in [-0.2, -0.15) is 27.0 Å². The Balaban J connectivity index is 1.93. The highest BCUT2D eigenvalue weighted by Gasteiger charge is 2.42. The Morgan fingerprint density at radius 2 is 1.86 bits per heavy atom. The van der Waals surface area contributed by atoms with Gasteiger partial charge in [0.05, 0.1) is 33.1 Å². The number of benzene rings is 1. The molecule has 10 nitrogen and oxygen atoms in total. The Kier molecular flexibility index (Phi) is 7.26. The average Bonchev–Trinajstić information content (AvgIpc) is 3.12. The molecular formula is C24H34N6O4S2. The Morgan fingerprint density at radius 3 is 2.50 bits per heavy atom. The molecule has 1 aromatic carbocycles. The second kappa shape index (κ2) is 9.81. The number of ether oxygens (including phenoxy) is 1. The minimum atomic E-state index is -3.89. The predicted molar refractivity (Wildman–Crippen MR) is 143 cm³/mol. The van der Waals surface area contributed by atoms with Crippen molar-refractivity contribution in [3.8, 4) is 17.1 Å². The number of hydrogen-bond donors (Lipinski definition) is 1. The van der Waals surface area contributed by atoms with Gasteiger partial charge in [-0.3, -0.25) is 9.48 Å². The maximum atomic E-state index is 13.8. The van der Waals surface area contributed by atoms with Crippen molar-refractivity contribution in [2.45, 2.75) is 43.4 Å². The fourth-order valence-electron chi connectivity index (χ4n) is 4.94. The Morgan fingerprint density at radius 1 is 1.14 bits per heavy atom. The van der Waals surface area contributed by atoms with Gasteiger partial charge in [-0.05, 0) is 45.5 Å². The van der Waals surface area contributed by atoms with Gasteiger partial charge in [-0.25, -0.2) is 8.42 Å². The van der Waals surface area contributed by atoms with Crippen molar-refractivity contribution in [2.75, 3.05) is 33.3 Å². The van der Waals surface area contributed by atoms with Crippen LogP contribution < -0.4 is 10.3 Å². The number of nitrogens with zero attached hydrogens (tertiary/aromatic N) is 6. The first-order valence-corrected chi connectivity index (χ1v) is 13.9. The van der Waals surface area contributed by atoms with E-state index in [9.17, 15) is 13.2 Å². The van der Waals surface area contributed by atoms with Crippen LogP contribution in [-0.4, -0.2) is 75.1 Å². The molecule has 1 unspecified atom stereocenters. The first-order valence-electron chi connectivity index (χ1n) is 12.1. The van der Waals surface area contributed by atoms with Gasteiger partial charge in [0.1, 0.15) is 11.6 Å². The number of hydrogen-bond acceptors (Lipinski definition) is 8. The Hall–Kier alpha value is -2.41. The van der Waals surface area contributed by atoms with Crippen LogP contribution in [0.1, 0.15) is 32.9 Å². The molecule has 1 aliphatic rings. The van der Waals surface area contributed by atoms with E-state index in [0.717, 1.165) is 12.1 Å². The minimum absolute atomic E-state index is 0.0973. The third kappa shape index (κ3) is 4.55. The summed E-state index contributed by atoms with van der Waals surface area (Å²) in [7, 11) is 1.60. The van der Waals surface area contributed by atoms with Crippen molar-refractivity contribution in [3.63, 3.8) is 0 Å². The highest BCUT2D eigenvalue weighted by molar-refractivity contribution is 7.90. The molecule has 3 heterocycles. The molecule has 1 aliphatic heterocycles. The van der Waals surface area contributed by atoms with Gasteiger partial charge in [0.2, 0.25) is 10.0 Å². The summed E-state index contributed by atoms with van der Waals surface area (Å²) in [4.78, 5) is 18.7. The van der Waals surface area contributed by atoms with Crippen LogP contribution in [0.15, 0.2) is 27.9 Å². The summed E-state index contributed by atoms with van der Waals surface area (Å²) in [5, 5.41) is 4.54. The maximum absolute atomic E-state index is 13.8. The summed E-state index contributed by atoms with van der Waals surface area (Å²) in [6.07, 6.45) is 1.56. The SMILES string of the molecule is CCCc1nn(C)c2c(=O)nc(-c3cc(S(=O)(=O)N4CCN(C)CC4(C)S)ccc3OCC)n(C)c12. The van der Waals surface area contributed by atoms with Gasteiger partial charge in [-0.1, -0.05) is 13.3 Å². The topological polar surface area (TPSA) is 103 Å². The zero-order chi connectivity index (χ0) is 26.4. The highest BCUT2D eigenvalue weighted by Crippen LogP contribution is 2.36. The third-order valence-corrected chi connectivity index (χ3v) is 9.05. The fourth-order valence-corrected chi connectivity index (χ4v) is 7.26. The third-order valence-electron chi connectivity index (χ3n) is 6.51. The largest absolute Gasteiger partial charge is 0.493 e. The Labute approximate surface area is 217 Å². The molecule has 36 heavy (non-hydrogen) atoms. The van der Waals surface area contributed by atoms with E-state index in [2.05, 4.69) is 34.5 Å². The first kappa shape index (κ1) is 26.6. The van der Waals surface area contributed by atoms with Crippen LogP contribution in [0, 0.1) is 0 Å². The molecule has 1 atom stereocenters. The smallest absolute Gasteiger partial charge is 0.299 e. The monoisotopic (exact) mass is 534 g/mol. The zero-order valence-corrected chi connectivity index (χ0v) is 23.4. The molecule has 4 rings (SSSR count). The molecule has 3 aromatic rings. The normalized spacial score (nSPS) is 19.8. The summed E-state index contributed by atoms with van der Waals surface area (Å²) in [6, 6.07) is 4.71. The van der Waals surface area contributed by atoms with Crippen LogP contribution in [0.5, 0.6) is 5.75 Å². The number of sulfonamides is 1. The number of rotatable bonds is 7. The van der Waals surface area contributed by atoms with Gasteiger partial charge >= 0.3 is 0 Å². The van der Waals surface area contributed by atoms with Crippen LogP contribution in [0.25, 0.3) is 22.4 Å². The van der Waals surface area contributed by atoms with E-state index in [1.807, 2.05) is 25.6 Å². The molecule has 0 bridgehead atoms. The summed E-state index contributed by atoms with van der Waals surface area (Å²) in [6.45, 7) is 7.49. The van der Waals surface area contributed by atoms with E-state index in [1.165, 1.54) is 10.4 Å². The van der Waals surface area contributed by atoms with E-state index in [-0.39, 0.29) is 4.90 Å². The van der Waals surface area contributed by atoms with E-state index in [0.29, 0.717) is 60.8 Å². The van der Waals surface area contributed by atoms with Gasteiger partial charge in [-0.15, -0.1) is 0 Å². The van der Waals surface area contributed by atoms with E-state index < -0.39 is 20.5 Å². The van der Waals surface area contributed by atoms with Crippen molar-refractivity contribution < 1.29 is 13.2 Å². The van der Waals surface area contributed by atoms with Crippen LogP contribution >= 0.6 is 12.6 Å². The van der Waals surface area contributed by atoms with Crippen molar-refractivity contribution in [3.05, 3.63) is 34.2 Å². The number of thiol groups is 1. The molecule has 0 aliphatic carbocycles. The van der Waals surface area contributed by atoms with Gasteiger partial charge in [0, 0.05) is 33.7 Å². The predicted octanol–water partition coefficient (Wildman–Crippen LogP) is 2.27. The van der Waals surface area contributed by atoms with Crippen LogP contribution in [0.3, 0.4) is 0 Å².